The van der Waals surface area contributed by atoms with Gasteiger partial charge in [-0.2, -0.15) is 10.4 Å². The summed E-state index contributed by atoms with van der Waals surface area (Å²) in [5, 5.41) is 18.8. The quantitative estimate of drug-likeness (QED) is 0.551. The van der Waals surface area contributed by atoms with Gasteiger partial charge in [-0.1, -0.05) is 12.1 Å². The van der Waals surface area contributed by atoms with E-state index < -0.39 is 0 Å². The minimum absolute atomic E-state index is 0.0176. The van der Waals surface area contributed by atoms with Crippen LogP contribution in [0.3, 0.4) is 0 Å². The molecule has 1 aromatic carbocycles. The van der Waals surface area contributed by atoms with Gasteiger partial charge >= 0.3 is 5.69 Å². The number of benzene rings is 1. The van der Waals surface area contributed by atoms with Gasteiger partial charge in [0.15, 0.2) is 0 Å². The van der Waals surface area contributed by atoms with E-state index in [4.69, 9.17) is 5.26 Å². The van der Waals surface area contributed by atoms with Crippen molar-refractivity contribution in [1.29, 1.82) is 5.26 Å². The SMILES string of the molecule is Cc1cc(C)n(CCc2nn3c(=O)n(CC#N)c4ccccc4c3[nH+]2)n1. The number of hydrogen-bond donors (Lipinski definition) is 0. The Morgan fingerprint density at radius 1 is 1.23 bits per heavy atom. The molecule has 0 radical (unpaired) electrons. The van der Waals surface area contributed by atoms with Crippen LogP contribution in [0.5, 0.6) is 0 Å². The molecule has 0 saturated heterocycles. The molecule has 26 heavy (non-hydrogen) atoms. The molecule has 3 heterocycles. The Hall–Kier alpha value is -3.47. The smallest absolute Gasteiger partial charge is 0.269 e. The topological polar surface area (TPSA) is 95.0 Å². The number of para-hydroxylation sites is 1. The predicted molar refractivity (Wildman–Crippen MR) is 94.5 cm³/mol. The van der Waals surface area contributed by atoms with E-state index in [1.165, 1.54) is 9.08 Å². The van der Waals surface area contributed by atoms with Crippen molar-refractivity contribution in [1.82, 2.24) is 24.0 Å². The standard InChI is InChI=1S/C18H17N7O/c1-12-11-13(2)24(21-12)9-7-16-20-17-14-5-3-4-6-15(14)23(10-8-19)18(26)25(17)22-16/h3-6,11H,7,9-10H2,1-2H3/p+1. The fraction of sp³-hybridized carbons (Fsp3) is 0.278. The van der Waals surface area contributed by atoms with Crippen LogP contribution in [0.2, 0.25) is 0 Å². The molecule has 0 aliphatic carbocycles. The zero-order valence-electron chi connectivity index (χ0n) is 14.6. The van der Waals surface area contributed by atoms with Crippen molar-refractivity contribution in [2.24, 2.45) is 0 Å². The van der Waals surface area contributed by atoms with Crippen molar-refractivity contribution in [3.8, 4) is 6.07 Å². The predicted octanol–water partition coefficient (Wildman–Crippen LogP) is 1.04. The van der Waals surface area contributed by atoms with Gasteiger partial charge in [0.05, 0.1) is 40.7 Å². The molecule has 3 aromatic heterocycles. The van der Waals surface area contributed by atoms with Gasteiger partial charge in [0.2, 0.25) is 0 Å². The fourth-order valence-corrected chi connectivity index (χ4v) is 3.28. The fourth-order valence-electron chi connectivity index (χ4n) is 3.28. The molecule has 4 aromatic rings. The van der Waals surface area contributed by atoms with Crippen molar-refractivity contribution in [3.05, 3.63) is 58.0 Å². The molecule has 0 amide bonds. The molecule has 8 heteroatoms. The third kappa shape index (κ3) is 2.54. The molecular formula is C18H18N7O+. The van der Waals surface area contributed by atoms with Crippen molar-refractivity contribution < 1.29 is 4.98 Å². The number of aromatic nitrogens is 6. The number of nitrogens with one attached hydrogen (secondary N) is 1. The summed E-state index contributed by atoms with van der Waals surface area (Å²) in [6, 6.07) is 11.6. The molecule has 130 valence electrons. The number of nitriles is 1. The van der Waals surface area contributed by atoms with Gasteiger partial charge in [0, 0.05) is 5.69 Å². The van der Waals surface area contributed by atoms with Crippen LogP contribution in [-0.2, 0) is 19.5 Å². The van der Waals surface area contributed by atoms with Crippen LogP contribution in [0.1, 0.15) is 17.2 Å². The lowest BCUT2D eigenvalue weighted by Crippen LogP contribution is -2.28. The number of rotatable bonds is 4. The van der Waals surface area contributed by atoms with Crippen LogP contribution >= 0.6 is 0 Å². The summed E-state index contributed by atoms with van der Waals surface area (Å²) in [6.45, 7) is 4.63. The molecule has 0 aliphatic heterocycles. The Balaban J connectivity index is 1.80. The Bertz CT molecular complexity index is 1220. The average Bonchev–Trinajstić information content (AvgIpc) is 3.20. The van der Waals surface area contributed by atoms with E-state index in [0.717, 1.165) is 16.8 Å². The number of aryl methyl sites for hydroxylation is 4. The van der Waals surface area contributed by atoms with Crippen LogP contribution in [-0.4, -0.2) is 24.0 Å². The van der Waals surface area contributed by atoms with Crippen LogP contribution in [0.15, 0.2) is 35.1 Å². The highest BCUT2D eigenvalue weighted by Crippen LogP contribution is 2.15. The summed E-state index contributed by atoms with van der Waals surface area (Å²) >= 11 is 0. The van der Waals surface area contributed by atoms with E-state index in [1.807, 2.05) is 54.9 Å². The molecule has 0 aliphatic rings. The number of H-pyrrole nitrogens is 1. The van der Waals surface area contributed by atoms with Crippen molar-refractivity contribution >= 4 is 16.6 Å². The molecule has 0 spiro atoms. The lowest BCUT2D eigenvalue weighted by Gasteiger charge is -2.03. The lowest BCUT2D eigenvalue weighted by atomic mass is 10.2. The van der Waals surface area contributed by atoms with E-state index in [1.54, 1.807) is 0 Å². The van der Waals surface area contributed by atoms with Gasteiger partial charge in [0.25, 0.3) is 11.5 Å². The summed E-state index contributed by atoms with van der Waals surface area (Å²) in [5.74, 6) is 0.703. The van der Waals surface area contributed by atoms with Crippen molar-refractivity contribution in [3.63, 3.8) is 0 Å². The summed E-state index contributed by atoms with van der Waals surface area (Å²) in [6.07, 6.45) is 0.621. The van der Waals surface area contributed by atoms with Crippen LogP contribution < -0.4 is 10.7 Å². The zero-order chi connectivity index (χ0) is 18.3. The molecule has 8 nitrogen and oxygen atoms in total. The molecule has 0 unspecified atom stereocenters. The minimum atomic E-state index is -0.325. The first kappa shape index (κ1) is 16.0. The van der Waals surface area contributed by atoms with Gasteiger partial charge in [-0.3, -0.25) is 9.25 Å². The maximum absolute atomic E-state index is 12.8. The number of hydrogen-bond acceptors (Lipinski definition) is 4. The first-order valence-corrected chi connectivity index (χ1v) is 8.39. The second kappa shape index (κ2) is 6.11. The Morgan fingerprint density at radius 3 is 2.77 bits per heavy atom. The number of nitrogens with zero attached hydrogens (tertiary/aromatic N) is 6. The van der Waals surface area contributed by atoms with Crippen LogP contribution in [0.4, 0.5) is 0 Å². The Labute approximate surface area is 148 Å². The highest BCUT2D eigenvalue weighted by Gasteiger charge is 2.21. The maximum Gasteiger partial charge on any atom is 0.424 e. The summed E-state index contributed by atoms with van der Waals surface area (Å²) in [4.78, 5) is 16.0. The van der Waals surface area contributed by atoms with Gasteiger partial charge in [-0.25, -0.2) is 9.78 Å². The number of fused-ring (bicyclic) bond motifs is 3. The maximum atomic E-state index is 12.8. The molecule has 0 fully saturated rings. The average molecular weight is 348 g/mol. The van der Waals surface area contributed by atoms with E-state index >= 15 is 0 Å². The van der Waals surface area contributed by atoms with E-state index in [0.29, 0.717) is 30.0 Å². The van der Waals surface area contributed by atoms with E-state index in [-0.39, 0.29) is 12.2 Å². The minimum Gasteiger partial charge on any atom is -0.269 e. The number of aromatic amines is 1. The normalized spacial score (nSPS) is 11.3. The molecular weight excluding hydrogens is 330 g/mol. The third-order valence-corrected chi connectivity index (χ3v) is 4.45. The molecule has 0 bridgehead atoms. The molecule has 4 rings (SSSR count). The van der Waals surface area contributed by atoms with Gasteiger partial charge in [-0.05, 0) is 36.6 Å². The van der Waals surface area contributed by atoms with Gasteiger partial charge in [0.1, 0.15) is 6.54 Å². The highest BCUT2D eigenvalue weighted by molar-refractivity contribution is 5.89. The molecule has 0 atom stereocenters. The zero-order valence-corrected chi connectivity index (χ0v) is 14.6. The van der Waals surface area contributed by atoms with Gasteiger partial charge in [-0.15, -0.1) is 0 Å². The second-order valence-corrected chi connectivity index (χ2v) is 6.28. The summed E-state index contributed by atoms with van der Waals surface area (Å²) in [5.41, 5.74) is 3.10. The Morgan fingerprint density at radius 2 is 2.04 bits per heavy atom. The largest absolute Gasteiger partial charge is 0.424 e. The molecule has 1 N–H and O–H groups in total. The third-order valence-electron chi connectivity index (χ3n) is 4.45. The molecule has 0 saturated carbocycles. The van der Waals surface area contributed by atoms with Crippen LogP contribution in [0.25, 0.3) is 16.6 Å². The lowest BCUT2D eigenvalue weighted by molar-refractivity contribution is -0.358. The first-order chi connectivity index (χ1) is 12.6. The summed E-state index contributed by atoms with van der Waals surface area (Å²) in [7, 11) is 0. The van der Waals surface area contributed by atoms with E-state index in [2.05, 4.69) is 15.2 Å². The highest BCUT2D eigenvalue weighted by atomic mass is 16.2. The Kier molecular flexibility index (Phi) is 3.77. The van der Waals surface area contributed by atoms with Crippen molar-refractivity contribution in [2.75, 3.05) is 0 Å². The second-order valence-electron chi connectivity index (χ2n) is 6.28. The summed E-state index contributed by atoms with van der Waals surface area (Å²) < 4.78 is 4.71. The van der Waals surface area contributed by atoms with Crippen LogP contribution in [0, 0.1) is 25.2 Å². The van der Waals surface area contributed by atoms with Crippen molar-refractivity contribution in [2.45, 2.75) is 33.4 Å². The monoisotopic (exact) mass is 348 g/mol. The first-order valence-electron chi connectivity index (χ1n) is 8.39. The van der Waals surface area contributed by atoms with E-state index in [9.17, 15) is 4.79 Å². The van der Waals surface area contributed by atoms with Gasteiger partial charge < -0.3 is 0 Å².